The lowest BCUT2D eigenvalue weighted by atomic mass is 9.74. The Bertz CT molecular complexity index is 995. The lowest BCUT2D eigenvalue weighted by molar-refractivity contribution is -0.233. The van der Waals surface area contributed by atoms with Gasteiger partial charge in [-0.2, -0.15) is 0 Å². The molecule has 0 radical (unpaired) electrons. The van der Waals surface area contributed by atoms with E-state index in [1.807, 2.05) is 52.8 Å². The summed E-state index contributed by atoms with van der Waals surface area (Å²) in [5.41, 5.74) is 0.703. The second-order valence-electron chi connectivity index (χ2n) is 10.1. The van der Waals surface area contributed by atoms with Crippen LogP contribution in [0.3, 0.4) is 0 Å². The number of thioether (sulfide) groups is 1. The minimum Gasteiger partial charge on any atom is -0.455 e. The number of benzene rings is 1. The number of aryl methyl sites for hydroxylation is 1. The van der Waals surface area contributed by atoms with Gasteiger partial charge < -0.3 is 28.3 Å². The van der Waals surface area contributed by atoms with Crippen LogP contribution in [0.15, 0.2) is 18.2 Å². The van der Waals surface area contributed by atoms with Crippen molar-refractivity contribution in [2.24, 2.45) is 0 Å². The number of carbonyl (C=O) groups is 3. The Morgan fingerprint density at radius 2 is 1.36 bits per heavy atom. The molecule has 36 heavy (non-hydrogen) atoms. The van der Waals surface area contributed by atoms with Crippen LogP contribution in [0.1, 0.15) is 65.7 Å². The Morgan fingerprint density at radius 3 is 1.86 bits per heavy atom. The maximum Gasteiger partial charge on any atom is 0.495 e. The summed E-state index contributed by atoms with van der Waals surface area (Å²) in [7, 11) is -0.611. The van der Waals surface area contributed by atoms with Gasteiger partial charge in [0.05, 0.1) is 11.2 Å². The Labute approximate surface area is 217 Å². The second-order valence-corrected chi connectivity index (χ2v) is 11.0. The Balaban J connectivity index is 2.06. The average molecular weight is 522 g/mol. The first-order valence-corrected chi connectivity index (χ1v) is 13.1. The molecule has 3 rings (SSSR count). The quantitative estimate of drug-likeness (QED) is 0.315. The molecule has 5 atom stereocenters. The number of rotatable bonds is 6. The molecule has 1 aromatic carbocycles. The van der Waals surface area contributed by atoms with Crippen LogP contribution in [0, 0.1) is 6.92 Å². The van der Waals surface area contributed by atoms with Crippen LogP contribution >= 0.6 is 11.8 Å². The first-order valence-electron chi connectivity index (χ1n) is 11.8. The molecule has 0 aliphatic carbocycles. The van der Waals surface area contributed by atoms with Gasteiger partial charge >= 0.3 is 25.0 Å². The van der Waals surface area contributed by atoms with Crippen molar-refractivity contribution < 1.29 is 42.6 Å². The van der Waals surface area contributed by atoms with Crippen molar-refractivity contribution in [1.82, 2.24) is 0 Å². The van der Waals surface area contributed by atoms with E-state index in [2.05, 4.69) is 0 Å². The third kappa shape index (κ3) is 5.90. The van der Waals surface area contributed by atoms with Crippen molar-refractivity contribution in [3.8, 4) is 0 Å². The highest BCUT2D eigenvalue weighted by atomic mass is 32.2. The molecular weight excluding hydrogens is 487 g/mol. The summed E-state index contributed by atoms with van der Waals surface area (Å²) in [5, 5.41) is 0. The fourth-order valence-electron chi connectivity index (χ4n) is 4.29. The molecule has 11 heteroatoms. The van der Waals surface area contributed by atoms with E-state index in [1.165, 1.54) is 32.5 Å². The van der Waals surface area contributed by atoms with Gasteiger partial charge in [-0.1, -0.05) is 23.8 Å². The molecule has 0 amide bonds. The summed E-state index contributed by atoms with van der Waals surface area (Å²) < 4.78 is 35.5. The van der Waals surface area contributed by atoms with Crippen LogP contribution in [0.2, 0.25) is 0 Å². The molecule has 2 aliphatic heterocycles. The maximum absolute atomic E-state index is 12.1. The molecule has 0 aromatic heterocycles. The van der Waals surface area contributed by atoms with Gasteiger partial charge in [-0.05, 0) is 51.9 Å². The zero-order chi connectivity index (χ0) is 27.0. The minimum atomic E-state index is -1.08. The van der Waals surface area contributed by atoms with Crippen molar-refractivity contribution >= 4 is 42.3 Å². The molecule has 0 N–H and O–H groups in total. The number of carbonyl (C=O) groups excluding carboxylic acids is 3. The first-order chi connectivity index (χ1) is 16.7. The third-order valence-electron chi connectivity index (χ3n) is 6.77. The molecule has 9 nitrogen and oxygen atoms in total. The summed E-state index contributed by atoms with van der Waals surface area (Å²) in [6.07, 6.45) is -2.14. The Morgan fingerprint density at radius 1 is 0.861 bits per heavy atom. The summed E-state index contributed by atoms with van der Waals surface area (Å²) in [4.78, 5) is 36.0. The Kier molecular flexibility index (Phi) is 8.49. The second kappa shape index (κ2) is 10.7. The predicted molar refractivity (Wildman–Crippen MR) is 135 cm³/mol. The lowest BCUT2D eigenvalue weighted by Gasteiger charge is -2.44. The van der Waals surface area contributed by atoms with Crippen molar-refractivity contribution in [3.63, 3.8) is 0 Å². The minimum absolute atomic E-state index is 0.524. The highest BCUT2D eigenvalue weighted by Gasteiger charge is 2.54. The van der Waals surface area contributed by atoms with Crippen LogP contribution < -0.4 is 5.46 Å². The summed E-state index contributed by atoms with van der Waals surface area (Å²) in [6, 6.07) is 5.67. The molecule has 0 saturated carbocycles. The number of hydrogen-bond acceptors (Lipinski definition) is 10. The van der Waals surface area contributed by atoms with E-state index in [0.29, 0.717) is 5.56 Å². The third-order valence-corrected chi connectivity index (χ3v) is 7.62. The van der Waals surface area contributed by atoms with Crippen LogP contribution in [-0.4, -0.2) is 66.2 Å². The van der Waals surface area contributed by atoms with Crippen molar-refractivity contribution in [2.45, 2.75) is 96.4 Å². The zero-order valence-corrected chi connectivity index (χ0v) is 23.1. The van der Waals surface area contributed by atoms with Gasteiger partial charge in [0.15, 0.2) is 18.3 Å². The smallest absolute Gasteiger partial charge is 0.455 e. The standard InChI is InChI=1S/C25H35BO9S/c1-13-10-11-17(12-18(13)26-34-24(5,6)25(7,8)35-26)19-20(30-14(2)27)21(31-15(3)28)22(32-16(4)29)23(33-19)36-9/h10-12,19-23H,1-9H3/t19?,20-,21+,22-,23+/m0/s1. The van der Waals surface area contributed by atoms with E-state index in [4.69, 9.17) is 28.3 Å². The highest BCUT2D eigenvalue weighted by molar-refractivity contribution is 7.99. The van der Waals surface area contributed by atoms with Gasteiger partial charge in [0.2, 0.25) is 0 Å². The molecule has 2 saturated heterocycles. The van der Waals surface area contributed by atoms with E-state index in [1.54, 1.807) is 6.26 Å². The molecule has 2 fully saturated rings. The van der Waals surface area contributed by atoms with E-state index < -0.39 is 66.1 Å². The molecule has 2 aliphatic rings. The van der Waals surface area contributed by atoms with Crippen molar-refractivity contribution in [2.75, 3.05) is 6.26 Å². The van der Waals surface area contributed by atoms with Crippen molar-refractivity contribution in [1.29, 1.82) is 0 Å². The van der Waals surface area contributed by atoms with E-state index >= 15 is 0 Å². The summed E-state index contributed by atoms with van der Waals surface area (Å²) in [6.45, 7) is 13.6. The summed E-state index contributed by atoms with van der Waals surface area (Å²) in [5.74, 6) is -1.76. The van der Waals surface area contributed by atoms with Crippen LogP contribution in [0.4, 0.5) is 0 Å². The molecule has 1 unspecified atom stereocenters. The van der Waals surface area contributed by atoms with Gasteiger partial charge in [-0.15, -0.1) is 11.8 Å². The van der Waals surface area contributed by atoms with E-state index in [9.17, 15) is 14.4 Å². The highest BCUT2D eigenvalue weighted by Crippen LogP contribution is 2.41. The molecule has 0 bridgehead atoms. The Hall–Kier alpha value is -2.08. The topological polar surface area (TPSA) is 107 Å². The molecule has 0 spiro atoms. The van der Waals surface area contributed by atoms with Crippen molar-refractivity contribution in [3.05, 3.63) is 29.3 Å². The van der Waals surface area contributed by atoms with Gasteiger partial charge in [-0.3, -0.25) is 14.4 Å². The monoisotopic (exact) mass is 522 g/mol. The fraction of sp³-hybridized carbons (Fsp3) is 0.640. The zero-order valence-electron chi connectivity index (χ0n) is 22.3. The number of ether oxygens (including phenoxy) is 4. The molecule has 1 aromatic rings. The molecule has 2 heterocycles. The van der Waals surface area contributed by atoms with Gasteiger partial charge in [-0.25, -0.2) is 0 Å². The average Bonchev–Trinajstić information content (AvgIpc) is 2.97. The molecular formula is C25H35BO9S. The van der Waals surface area contributed by atoms with E-state index in [0.717, 1.165) is 11.0 Å². The van der Waals surface area contributed by atoms with Crippen LogP contribution in [0.25, 0.3) is 0 Å². The first kappa shape index (κ1) is 28.5. The summed E-state index contributed by atoms with van der Waals surface area (Å²) >= 11 is 1.30. The maximum atomic E-state index is 12.1. The van der Waals surface area contributed by atoms with Crippen LogP contribution in [-0.2, 0) is 42.6 Å². The normalized spacial score (nSPS) is 28.9. The lowest BCUT2D eigenvalue weighted by Crippen LogP contribution is -2.57. The largest absolute Gasteiger partial charge is 0.495 e. The van der Waals surface area contributed by atoms with Gasteiger partial charge in [0, 0.05) is 20.8 Å². The number of esters is 3. The van der Waals surface area contributed by atoms with Crippen LogP contribution in [0.5, 0.6) is 0 Å². The predicted octanol–water partition coefficient (Wildman–Crippen LogP) is 2.85. The fourth-order valence-corrected chi connectivity index (χ4v) is 5.00. The van der Waals surface area contributed by atoms with Gasteiger partial charge in [0.25, 0.3) is 0 Å². The molecule has 198 valence electrons. The SMILES string of the molecule is CS[C@H]1OC(c2ccc(C)c(B3OC(C)(C)C(C)(C)O3)c2)[C@H](OC(C)=O)[C@@H](OC(C)=O)[C@@H]1OC(C)=O. The van der Waals surface area contributed by atoms with Gasteiger partial charge in [0.1, 0.15) is 11.5 Å². The van der Waals surface area contributed by atoms with E-state index in [-0.39, 0.29) is 0 Å². The number of hydrogen-bond donors (Lipinski definition) is 0.